The highest BCUT2D eigenvalue weighted by Gasteiger charge is 2.07. The molecule has 2 aromatic carbocycles. The van der Waals surface area contributed by atoms with Gasteiger partial charge in [0.25, 0.3) is 0 Å². The molecule has 0 spiro atoms. The SMILES string of the molecule is CCCCCCCCOc1ccc(Cc2cc(C=O)ccc2OCOC)cc1. The predicted octanol–water partition coefficient (Wildman–Crippen LogP) is 5.81. The van der Waals surface area contributed by atoms with E-state index in [1.54, 1.807) is 13.2 Å². The lowest BCUT2D eigenvalue weighted by atomic mass is 10.0. The van der Waals surface area contributed by atoms with E-state index in [2.05, 4.69) is 19.1 Å². The minimum atomic E-state index is 0.179. The number of ether oxygens (including phenoxy) is 3. The van der Waals surface area contributed by atoms with Crippen LogP contribution in [-0.2, 0) is 11.2 Å². The Balaban J connectivity index is 1.87. The maximum Gasteiger partial charge on any atom is 0.188 e. The summed E-state index contributed by atoms with van der Waals surface area (Å²) in [4.78, 5) is 11.1. The van der Waals surface area contributed by atoms with Crippen molar-refractivity contribution in [2.24, 2.45) is 0 Å². The van der Waals surface area contributed by atoms with Gasteiger partial charge in [0.1, 0.15) is 17.8 Å². The van der Waals surface area contributed by atoms with Gasteiger partial charge in [0.15, 0.2) is 6.79 Å². The molecule has 0 fully saturated rings. The molecule has 4 heteroatoms. The van der Waals surface area contributed by atoms with Crippen LogP contribution in [0.3, 0.4) is 0 Å². The quantitative estimate of drug-likeness (QED) is 0.234. The van der Waals surface area contributed by atoms with Crippen LogP contribution < -0.4 is 9.47 Å². The molecular weight excluding hydrogens is 352 g/mol. The van der Waals surface area contributed by atoms with Crippen molar-refractivity contribution in [3.8, 4) is 11.5 Å². The molecule has 0 radical (unpaired) electrons. The van der Waals surface area contributed by atoms with Crippen LogP contribution in [0.5, 0.6) is 11.5 Å². The Kier molecular flexibility index (Phi) is 10.2. The van der Waals surface area contributed by atoms with Crippen molar-refractivity contribution in [2.75, 3.05) is 20.5 Å². The third-order valence-electron chi connectivity index (χ3n) is 4.64. The fraction of sp³-hybridized carbons (Fsp3) is 0.458. The van der Waals surface area contributed by atoms with Gasteiger partial charge in [0, 0.05) is 19.1 Å². The average molecular weight is 385 g/mol. The van der Waals surface area contributed by atoms with Gasteiger partial charge < -0.3 is 14.2 Å². The Labute approximate surface area is 168 Å². The summed E-state index contributed by atoms with van der Waals surface area (Å²) in [7, 11) is 1.59. The number of rotatable bonds is 14. The highest BCUT2D eigenvalue weighted by molar-refractivity contribution is 5.75. The molecular formula is C24H32O4. The Hall–Kier alpha value is -2.33. The molecule has 28 heavy (non-hydrogen) atoms. The number of carbonyl (C=O) groups is 1. The summed E-state index contributed by atoms with van der Waals surface area (Å²) in [6, 6.07) is 13.6. The number of hydrogen-bond donors (Lipinski definition) is 0. The standard InChI is InChI=1S/C24H32O4/c1-3-4-5-6-7-8-15-27-23-12-9-20(10-13-23)16-22-17-21(18-25)11-14-24(22)28-19-26-2/h9-14,17-18H,3-8,15-16,19H2,1-2H3. The first-order valence-corrected chi connectivity index (χ1v) is 10.2. The van der Waals surface area contributed by atoms with E-state index in [-0.39, 0.29) is 6.79 Å². The largest absolute Gasteiger partial charge is 0.494 e. The van der Waals surface area contributed by atoms with E-state index in [9.17, 15) is 4.79 Å². The Morgan fingerprint density at radius 3 is 2.36 bits per heavy atom. The Morgan fingerprint density at radius 1 is 0.893 bits per heavy atom. The highest BCUT2D eigenvalue weighted by atomic mass is 16.7. The van der Waals surface area contributed by atoms with E-state index in [1.807, 2.05) is 24.3 Å². The lowest BCUT2D eigenvalue weighted by molar-refractivity contribution is 0.0505. The summed E-state index contributed by atoms with van der Waals surface area (Å²) in [6.07, 6.45) is 9.09. The van der Waals surface area contributed by atoms with E-state index in [4.69, 9.17) is 14.2 Å². The van der Waals surface area contributed by atoms with Crippen LogP contribution in [0.4, 0.5) is 0 Å². The minimum Gasteiger partial charge on any atom is -0.494 e. The molecule has 0 saturated carbocycles. The highest BCUT2D eigenvalue weighted by Crippen LogP contribution is 2.24. The van der Waals surface area contributed by atoms with Crippen LogP contribution in [0.15, 0.2) is 42.5 Å². The molecule has 0 aliphatic carbocycles. The number of methoxy groups -OCH3 is 1. The molecule has 2 rings (SSSR count). The molecule has 0 aromatic heterocycles. The number of aldehydes is 1. The van der Waals surface area contributed by atoms with Crippen molar-refractivity contribution < 1.29 is 19.0 Å². The smallest absolute Gasteiger partial charge is 0.188 e. The molecule has 0 atom stereocenters. The molecule has 0 aliphatic heterocycles. The first-order valence-electron chi connectivity index (χ1n) is 10.2. The van der Waals surface area contributed by atoms with Gasteiger partial charge in [0.05, 0.1) is 6.61 Å². The molecule has 0 aliphatic rings. The Bertz CT molecular complexity index is 694. The van der Waals surface area contributed by atoms with Crippen molar-refractivity contribution in [2.45, 2.75) is 51.9 Å². The van der Waals surface area contributed by atoms with Gasteiger partial charge in [-0.2, -0.15) is 0 Å². The van der Waals surface area contributed by atoms with Crippen LogP contribution in [0.2, 0.25) is 0 Å². The van der Waals surface area contributed by atoms with Crippen LogP contribution >= 0.6 is 0 Å². The molecule has 0 bridgehead atoms. The van der Waals surface area contributed by atoms with Crippen LogP contribution in [0, 0.1) is 0 Å². The van der Waals surface area contributed by atoms with Gasteiger partial charge in [-0.15, -0.1) is 0 Å². The molecule has 2 aromatic rings. The molecule has 0 unspecified atom stereocenters. The number of hydrogen-bond acceptors (Lipinski definition) is 4. The van der Waals surface area contributed by atoms with Gasteiger partial charge >= 0.3 is 0 Å². The average Bonchev–Trinajstić information content (AvgIpc) is 2.73. The summed E-state index contributed by atoms with van der Waals surface area (Å²) in [6.45, 7) is 3.18. The van der Waals surface area contributed by atoms with Gasteiger partial charge in [-0.25, -0.2) is 0 Å². The van der Waals surface area contributed by atoms with Crippen molar-refractivity contribution in [3.05, 3.63) is 59.2 Å². The second kappa shape index (κ2) is 12.9. The normalized spacial score (nSPS) is 10.6. The van der Waals surface area contributed by atoms with Crippen LogP contribution in [0.25, 0.3) is 0 Å². The van der Waals surface area contributed by atoms with Crippen molar-refractivity contribution in [3.63, 3.8) is 0 Å². The van der Waals surface area contributed by atoms with E-state index >= 15 is 0 Å². The summed E-state index contributed by atoms with van der Waals surface area (Å²) in [5, 5.41) is 0. The first kappa shape index (κ1) is 22.0. The molecule has 0 saturated heterocycles. The summed E-state index contributed by atoms with van der Waals surface area (Å²) < 4.78 is 16.5. The zero-order valence-corrected chi connectivity index (χ0v) is 17.1. The van der Waals surface area contributed by atoms with Gasteiger partial charge in [-0.05, 0) is 47.9 Å². The molecule has 0 N–H and O–H groups in total. The maximum atomic E-state index is 11.1. The molecule has 152 valence electrons. The Morgan fingerprint density at radius 2 is 1.64 bits per heavy atom. The van der Waals surface area contributed by atoms with Gasteiger partial charge in [0.2, 0.25) is 0 Å². The number of benzene rings is 2. The zero-order chi connectivity index (χ0) is 20.0. The molecule has 4 nitrogen and oxygen atoms in total. The first-order chi connectivity index (χ1) is 13.8. The summed E-state index contributed by atoms with van der Waals surface area (Å²) in [5.41, 5.74) is 2.73. The van der Waals surface area contributed by atoms with Gasteiger partial charge in [-0.3, -0.25) is 4.79 Å². The second-order valence-electron chi connectivity index (χ2n) is 6.97. The van der Waals surface area contributed by atoms with E-state index < -0.39 is 0 Å². The van der Waals surface area contributed by atoms with Crippen LogP contribution in [0.1, 0.15) is 66.9 Å². The summed E-state index contributed by atoms with van der Waals surface area (Å²) in [5.74, 6) is 1.63. The fourth-order valence-corrected chi connectivity index (χ4v) is 3.07. The lowest BCUT2D eigenvalue weighted by Crippen LogP contribution is -2.03. The fourth-order valence-electron chi connectivity index (χ4n) is 3.07. The lowest BCUT2D eigenvalue weighted by Gasteiger charge is -2.12. The third kappa shape index (κ3) is 7.73. The van der Waals surface area contributed by atoms with Crippen molar-refractivity contribution >= 4 is 6.29 Å². The van der Waals surface area contributed by atoms with E-state index in [1.165, 1.54) is 32.1 Å². The van der Waals surface area contributed by atoms with E-state index in [0.29, 0.717) is 12.0 Å². The number of unbranched alkanes of at least 4 members (excludes halogenated alkanes) is 5. The summed E-state index contributed by atoms with van der Waals surface area (Å²) >= 11 is 0. The van der Waals surface area contributed by atoms with E-state index in [0.717, 1.165) is 41.9 Å². The molecule has 0 amide bonds. The van der Waals surface area contributed by atoms with Gasteiger partial charge in [-0.1, -0.05) is 51.2 Å². The van der Waals surface area contributed by atoms with Crippen molar-refractivity contribution in [1.29, 1.82) is 0 Å². The minimum absolute atomic E-state index is 0.179. The second-order valence-corrected chi connectivity index (χ2v) is 6.97. The number of carbonyl (C=O) groups excluding carboxylic acids is 1. The van der Waals surface area contributed by atoms with Crippen LogP contribution in [-0.4, -0.2) is 26.8 Å². The predicted molar refractivity (Wildman–Crippen MR) is 112 cm³/mol. The third-order valence-corrected chi connectivity index (χ3v) is 4.64. The molecule has 0 heterocycles. The monoisotopic (exact) mass is 384 g/mol. The zero-order valence-electron chi connectivity index (χ0n) is 17.1. The maximum absolute atomic E-state index is 11.1. The van der Waals surface area contributed by atoms with Crippen molar-refractivity contribution in [1.82, 2.24) is 0 Å². The topological polar surface area (TPSA) is 44.8 Å².